The number of nitrogens with two attached hydrogens (primary N) is 1. The van der Waals surface area contributed by atoms with Gasteiger partial charge in [0.25, 0.3) is 0 Å². The lowest BCUT2D eigenvalue weighted by Crippen LogP contribution is -2.30. The van der Waals surface area contributed by atoms with E-state index in [9.17, 15) is 0 Å². The molecule has 5 heteroatoms. The summed E-state index contributed by atoms with van der Waals surface area (Å²) < 4.78 is 0. The summed E-state index contributed by atoms with van der Waals surface area (Å²) in [6, 6.07) is 5.81. The highest BCUT2D eigenvalue weighted by molar-refractivity contribution is 6.31. The summed E-state index contributed by atoms with van der Waals surface area (Å²) in [4.78, 5) is 8.24. The quantitative estimate of drug-likeness (QED) is 0.655. The predicted molar refractivity (Wildman–Crippen MR) is 72.0 cm³/mol. The molecule has 94 valence electrons. The third-order valence-corrected chi connectivity index (χ3v) is 3.25. The van der Waals surface area contributed by atoms with Gasteiger partial charge >= 0.3 is 0 Å². The second kappa shape index (κ2) is 5.91. The first kappa shape index (κ1) is 13.0. The Balaban J connectivity index is 2.26. The Kier molecular flexibility index (Phi) is 4.25. The number of aryl methyl sites for hydroxylation is 1. The summed E-state index contributed by atoms with van der Waals surface area (Å²) in [5.74, 6) is 5.64. The number of rotatable bonds is 4. The number of nitrogens with one attached hydrogen (secondary N) is 1. The van der Waals surface area contributed by atoms with Crippen LogP contribution in [0.25, 0.3) is 0 Å². The summed E-state index contributed by atoms with van der Waals surface area (Å²) >= 11 is 6.11. The molecule has 0 bridgehead atoms. The summed E-state index contributed by atoms with van der Waals surface area (Å²) in [7, 11) is 0. The van der Waals surface area contributed by atoms with Gasteiger partial charge in [0, 0.05) is 24.3 Å². The molecule has 0 aliphatic heterocycles. The van der Waals surface area contributed by atoms with Gasteiger partial charge in [0.15, 0.2) is 0 Å². The van der Waals surface area contributed by atoms with Crippen LogP contribution in [-0.4, -0.2) is 9.97 Å². The molecule has 0 aliphatic carbocycles. The summed E-state index contributed by atoms with van der Waals surface area (Å²) in [5, 5.41) is 0.652. The standard InChI is InChI=1S/C13H15ClN4/c1-9-11(3-2-5-17-9)13(18-15)7-10-4-6-16-8-12(10)14/h2-6,8,13,18H,7,15H2,1H3. The third-order valence-electron chi connectivity index (χ3n) is 2.90. The maximum Gasteiger partial charge on any atom is 0.0622 e. The van der Waals surface area contributed by atoms with E-state index in [1.807, 2.05) is 25.1 Å². The monoisotopic (exact) mass is 262 g/mol. The minimum atomic E-state index is -0.0152. The molecule has 1 atom stereocenters. The third kappa shape index (κ3) is 2.85. The van der Waals surface area contributed by atoms with E-state index >= 15 is 0 Å². The summed E-state index contributed by atoms with van der Waals surface area (Å²) in [6.07, 6.45) is 5.83. The van der Waals surface area contributed by atoms with E-state index in [0.717, 1.165) is 16.8 Å². The van der Waals surface area contributed by atoms with Gasteiger partial charge in [-0.05, 0) is 36.6 Å². The van der Waals surface area contributed by atoms with Crippen molar-refractivity contribution in [2.24, 2.45) is 5.84 Å². The molecule has 0 amide bonds. The van der Waals surface area contributed by atoms with E-state index in [2.05, 4.69) is 15.4 Å². The topological polar surface area (TPSA) is 63.8 Å². The zero-order valence-electron chi connectivity index (χ0n) is 10.1. The van der Waals surface area contributed by atoms with E-state index in [0.29, 0.717) is 11.4 Å². The Morgan fingerprint density at radius 3 is 2.89 bits per heavy atom. The van der Waals surface area contributed by atoms with Crippen LogP contribution in [0.1, 0.15) is 22.9 Å². The SMILES string of the molecule is Cc1ncccc1C(Cc1ccncc1Cl)NN. The molecule has 2 aromatic heterocycles. The van der Waals surface area contributed by atoms with Gasteiger partial charge in [-0.3, -0.25) is 21.2 Å². The fourth-order valence-electron chi connectivity index (χ4n) is 1.91. The van der Waals surface area contributed by atoms with Crippen molar-refractivity contribution in [2.45, 2.75) is 19.4 Å². The fourth-order valence-corrected chi connectivity index (χ4v) is 2.11. The molecule has 1 unspecified atom stereocenters. The molecule has 0 aliphatic rings. The van der Waals surface area contributed by atoms with E-state index in [1.165, 1.54) is 0 Å². The normalized spacial score (nSPS) is 12.4. The first-order valence-electron chi connectivity index (χ1n) is 5.68. The molecular formula is C13H15ClN4. The van der Waals surface area contributed by atoms with Gasteiger partial charge in [0.1, 0.15) is 0 Å². The minimum Gasteiger partial charge on any atom is -0.271 e. The van der Waals surface area contributed by atoms with E-state index < -0.39 is 0 Å². The Hall–Kier alpha value is -1.49. The predicted octanol–water partition coefficient (Wildman–Crippen LogP) is 2.19. The van der Waals surface area contributed by atoms with Crippen LogP contribution < -0.4 is 11.3 Å². The van der Waals surface area contributed by atoms with Crippen LogP contribution in [0.4, 0.5) is 0 Å². The second-order valence-corrected chi connectivity index (χ2v) is 4.48. The van der Waals surface area contributed by atoms with Gasteiger partial charge in [0.05, 0.1) is 11.1 Å². The van der Waals surface area contributed by atoms with Crippen LogP contribution in [-0.2, 0) is 6.42 Å². The van der Waals surface area contributed by atoms with Gasteiger partial charge in [-0.15, -0.1) is 0 Å². The number of hydrogen-bond donors (Lipinski definition) is 2. The van der Waals surface area contributed by atoms with Gasteiger partial charge in [-0.25, -0.2) is 0 Å². The van der Waals surface area contributed by atoms with Crippen LogP contribution in [0.2, 0.25) is 5.02 Å². The van der Waals surface area contributed by atoms with Crippen LogP contribution in [0.5, 0.6) is 0 Å². The zero-order chi connectivity index (χ0) is 13.0. The average molecular weight is 263 g/mol. The highest BCUT2D eigenvalue weighted by Gasteiger charge is 2.14. The Labute approximate surface area is 111 Å². The molecule has 0 radical (unpaired) electrons. The van der Waals surface area contributed by atoms with Crippen LogP contribution in [0.3, 0.4) is 0 Å². The number of nitrogens with zero attached hydrogens (tertiary/aromatic N) is 2. The van der Waals surface area contributed by atoms with E-state index in [-0.39, 0.29) is 6.04 Å². The van der Waals surface area contributed by atoms with Crippen molar-refractivity contribution < 1.29 is 0 Å². The lowest BCUT2D eigenvalue weighted by Gasteiger charge is -2.18. The van der Waals surface area contributed by atoms with E-state index in [4.69, 9.17) is 17.4 Å². The van der Waals surface area contributed by atoms with Crippen molar-refractivity contribution in [1.82, 2.24) is 15.4 Å². The Morgan fingerprint density at radius 2 is 2.22 bits per heavy atom. The van der Waals surface area contributed by atoms with Crippen LogP contribution >= 0.6 is 11.6 Å². The molecule has 18 heavy (non-hydrogen) atoms. The van der Waals surface area contributed by atoms with Crippen molar-refractivity contribution in [3.05, 3.63) is 58.6 Å². The number of hydrogen-bond acceptors (Lipinski definition) is 4. The summed E-state index contributed by atoms with van der Waals surface area (Å²) in [5.41, 5.74) is 5.87. The Bertz CT molecular complexity index is 530. The molecule has 0 fully saturated rings. The van der Waals surface area contributed by atoms with Crippen molar-refractivity contribution in [2.75, 3.05) is 0 Å². The molecule has 2 aromatic rings. The number of aromatic nitrogens is 2. The fraction of sp³-hybridized carbons (Fsp3) is 0.231. The maximum absolute atomic E-state index is 6.11. The van der Waals surface area contributed by atoms with Crippen molar-refractivity contribution in [1.29, 1.82) is 0 Å². The maximum atomic E-state index is 6.11. The first-order chi connectivity index (χ1) is 8.72. The lowest BCUT2D eigenvalue weighted by atomic mass is 9.99. The molecule has 0 saturated carbocycles. The van der Waals surface area contributed by atoms with Crippen molar-refractivity contribution in [3.63, 3.8) is 0 Å². The van der Waals surface area contributed by atoms with Crippen molar-refractivity contribution >= 4 is 11.6 Å². The molecule has 3 N–H and O–H groups in total. The van der Waals surface area contributed by atoms with Crippen molar-refractivity contribution in [3.8, 4) is 0 Å². The number of pyridine rings is 2. The summed E-state index contributed by atoms with van der Waals surface area (Å²) in [6.45, 7) is 1.97. The van der Waals surface area contributed by atoms with Gasteiger partial charge in [-0.1, -0.05) is 17.7 Å². The Morgan fingerprint density at radius 1 is 1.39 bits per heavy atom. The van der Waals surface area contributed by atoms with Crippen LogP contribution in [0.15, 0.2) is 36.8 Å². The molecule has 4 nitrogen and oxygen atoms in total. The largest absolute Gasteiger partial charge is 0.271 e. The molecule has 0 spiro atoms. The second-order valence-electron chi connectivity index (χ2n) is 4.07. The average Bonchev–Trinajstić information content (AvgIpc) is 2.39. The number of hydrazine groups is 1. The highest BCUT2D eigenvalue weighted by Crippen LogP contribution is 2.23. The highest BCUT2D eigenvalue weighted by atomic mass is 35.5. The molecule has 0 saturated heterocycles. The number of halogens is 1. The lowest BCUT2D eigenvalue weighted by molar-refractivity contribution is 0.547. The zero-order valence-corrected chi connectivity index (χ0v) is 10.9. The van der Waals surface area contributed by atoms with Gasteiger partial charge in [0.2, 0.25) is 0 Å². The first-order valence-corrected chi connectivity index (χ1v) is 6.06. The smallest absolute Gasteiger partial charge is 0.0622 e. The molecular weight excluding hydrogens is 248 g/mol. The van der Waals surface area contributed by atoms with Gasteiger partial charge < -0.3 is 0 Å². The van der Waals surface area contributed by atoms with Crippen LogP contribution in [0, 0.1) is 6.92 Å². The molecule has 0 aromatic carbocycles. The minimum absolute atomic E-state index is 0.0152. The van der Waals surface area contributed by atoms with E-state index in [1.54, 1.807) is 18.6 Å². The molecule has 2 rings (SSSR count). The van der Waals surface area contributed by atoms with Gasteiger partial charge in [-0.2, -0.15) is 0 Å². The molecule has 2 heterocycles.